The zero-order valence-electron chi connectivity index (χ0n) is 16.7. The van der Waals surface area contributed by atoms with Crippen molar-refractivity contribution in [1.29, 1.82) is 0 Å². The number of amides is 1. The second kappa shape index (κ2) is 7.72. The summed E-state index contributed by atoms with van der Waals surface area (Å²) in [6.45, 7) is 1.37. The Bertz CT molecular complexity index is 1320. The van der Waals surface area contributed by atoms with Crippen LogP contribution in [0.15, 0.2) is 23.1 Å². The molecule has 3 aromatic rings. The van der Waals surface area contributed by atoms with Crippen LogP contribution in [0.4, 0.5) is 22.0 Å². The molecule has 0 bridgehead atoms. The number of carbonyl (C=O) groups excluding carboxylic acids is 1. The second-order valence-corrected chi connectivity index (χ2v) is 8.78. The van der Waals surface area contributed by atoms with Crippen molar-refractivity contribution in [2.75, 3.05) is 12.8 Å². The van der Waals surface area contributed by atoms with E-state index in [9.17, 15) is 35.2 Å². The second-order valence-electron chi connectivity index (χ2n) is 6.53. The predicted molar refractivity (Wildman–Crippen MR) is 101 cm³/mol. The van der Waals surface area contributed by atoms with Crippen molar-refractivity contribution >= 4 is 26.9 Å². The number of nitrogens with zero attached hydrogens (tertiary/aromatic N) is 5. The summed E-state index contributed by atoms with van der Waals surface area (Å²) in [6, 6.07) is 2.73. The normalized spacial score (nSPS) is 12.9. The Morgan fingerprint density at radius 1 is 1.12 bits per heavy atom. The molecule has 3 rings (SSSR count). The minimum absolute atomic E-state index is 0.167. The molecular weight excluding hydrogens is 463 g/mol. The number of carbonyl (C=O) groups is 1. The average molecular weight is 478 g/mol. The first kappa shape index (κ1) is 23.4. The van der Waals surface area contributed by atoms with Gasteiger partial charge < -0.3 is 9.88 Å². The van der Waals surface area contributed by atoms with E-state index < -0.39 is 39.1 Å². The van der Waals surface area contributed by atoms with Gasteiger partial charge in [-0.2, -0.15) is 22.0 Å². The first-order valence-corrected chi connectivity index (χ1v) is 10.5. The molecule has 0 unspecified atom stereocenters. The van der Waals surface area contributed by atoms with Crippen LogP contribution in [-0.2, 0) is 22.8 Å². The van der Waals surface area contributed by atoms with Gasteiger partial charge in [0.1, 0.15) is 22.6 Å². The van der Waals surface area contributed by atoms with Crippen molar-refractivity contribution in [3.63, 3.8) is 0 Å². The number of fused-ring (bicyclic) bond motifs is 1. The number of aryl methyl sites for hydroxylation is 1. The van der Waals surface area contributed by atoms with Crippen molar-refractivity contribution < 1.29 is 35.2 Å². The highest BCUT2D eigenvalue weighted by molar-refractivity contribution is 7.91. The number of pyridine rings is 1. The summed E-state index contributed by atoms with van der Waals surface area (Å²) >= 11 is 0. The Morgan fingerprint density at radius 3 is 2.34 bits per heavy atom. The van der Waals surface area contributed by atoms with Crippen molar-refractivity contribution in [2.24, 2.45) is 7.05 Å². The average Bonchev–Trinajstić information content (AvgIpc) is 3.07. The van der Waals surface area contributed by atoms with Crippen LogP contribution in [0.2, 0.25) is 0 Å². The lowest BCUT2D eigenvalue weighted by molar-refractivity contribution is -0.291. The molecule has 1 amide bonds. The fraction of sp³-hybridized carbons (Fsp3) is 0.353. The fourth-order valence-electron chi connectivity index (χ4n) is 2.76. The summed E-state index contributed by atoms with van der Waals surface area (Å²) < 4.78 is 91.6. The molecule has 32 heavy (non-hydrogen) atoms. The van der Waals surface area contributed by atoms with E-state index in [0.29, 0.717) is 6.07 Å². The van der Waals surface area contributed by atoms with Gasteiger partial charge in [0.15, 0.2) is 21.3 Å². The number of halogens is 5. The summed E-state index contributed by atoms with van der Waals surface area (Å²) in [5.74, 6) is -6.47. The monoisotopic (exact) mass is 478 g/mol. The fourth-order valence-corrected chi connectivity index (χ4v) is 3.78. The van der Waals surface area contributed by atoms with Crippen LogP contribution >= 0.6 is 0 Å². The molecule has 3 heterocycles. The quantitative estimate of drug-likeness (QED) is 0.559. The van der Waals surface area contributed by atoms with Gasteiger partial charge in [0.05, 0.1) is 10.6 Å². The van der Waals surface area contributed by atoms with E-state index >= 15 is 0 Å². The maximum atomic E-state index is 13.7. The maximum Gasteiger partial charge on any atom is 0.459 e. The van der Waals surface area contributed by atoms with Crippen molar-refractivity contribution in [3.8, 4) is 11.5 Å². The summed E-state index contributed by atoms with van der Waals surface area (Å²) in [4.78, 5) is 19.7. The lowest BCUT2D eigenvalue weighted by atomic mass is 10.2. The van der Waals surface area contributed by atoms with Crippen molar-refractivity contribution in [1.82, 2.24) is 30.0 Å². The smallest absolute Gasteiger partial charge is 0.354 e. The Kier molecular flexibility index (Phi) is 5.65. The number of rotatable bonds is 5. The molecule has 0 atom stereocenters. The van der Waals surface area contributed by atoms with Gasteiger partial charge in [-0.3, -0.25) is 4.79 Å². The van der Waals surface area contributed by atoms with Gasteiger partial charge >= 0.3 is 12.1 Å². The molecule has 0 saturated carbocycles. The predicted octanol–water partition coefficient (Wildman–Crippen LogP) is 2.23. The Labute approximate surface area is 177 Å². The Balaban J connectivity index is 2.30. The zero-order valence-corrected chi connectivity index (χ0v) is 17.5. The third kappa shape index (κ3) is 3.76. The molecule has 0 fully saturated rings. The van der Waals surface area contributed by atoms with Gasteiger partial charge in [-0.15, -0.1) is 10.2 Å². The van der Waals surface area contributed by atoms with Crippen LogP contribution in [0.3, 0.4) is 0 Å². The van der Waals surface area contributed by atoms with Crippen molar-refractivity contribution in [2.45, 2.75) is 23.9 Å². The van der Waals surface area contributed by atoms with Crippen LogP contribution < -0.4 is 5.32 Å². The van der Waals surface area contributed by atoms with Gasteiger partial charge in [-0.1, -0.05) is 6.92 Å². The number of nitrogens with one attached hydrogen (secondary N) is 1. The van der Waals surface area contributed by atoms with Crippen LogP contribution in [0.1, 0.15) is 23.1 Å². The van der Waals surface area contributed by atoms with Gasteiger partial charge in [-0.25, -0.2) is 18.4 Å². The number of hydrogen-bond acceptors (Lipinski definition) is 7. The summed E-state index contributed by atoms with van der Waals surface area (Å²) in [6.07, 6.45) is -5.90. The number of imidazole rings is 1. The van der Waals surface area contributed by atoms with Gasteiger partial charge in [-0.05, 0) is 18.2 Å². The van der Waals surface area contributed by atoms with E-state index in [-0.39, 0.29) is 33.5 Å². The third-order valence-corrected chi connectivity index (χ3v) is 6.30. The van der Waals surface area contributed by atoms with E-state index in [4.69, 9.17) is 0 Å². The van der Waals surface area contributed by atoms with E-state index in [0.717, 1.165) is 10.6 Å². The van der Waals surface area contributed by atoms with Crippen LogP contribution in [0.25, 0.3) is 22.7 Å². The summed E-state index contributed by atoms with van der Waals surface area (Å²) in [5, 5.41) is 8.70. The third-order valence-electron chi connectivity index (χ3n) is 4.54. The molecule has 15 heteroatoms. The Morgan fingerprint density at radius 2 is 1.78 bits per heavy atom. The molecule has 3 aromatic heterocycles. The van der Waals surface area contributed by atoms with Crippen LogP contribution in [-0.4, -0.2) is 58.0 Å². The topological polar surface area (TPSA) is 120 Å². The molecule has 172 valence electrons. The molecule has 1 N–H and O–H groups in total. The minimum atomic E-state index is -5.90. The maximum absolute atomic E-state index is 13.7. The van der Waals surface area contributed by atoms with E-state index in [1.807, 2.05) is 0 Å². The molecule has 0 aliphatic carbocycles. The molecule has 9 nitrogen and oxygen atoms in total. The largest absolute Gasteiger partial charge is 0.459 e. The molecular formula is C17H15F5N6O3S. The number of hydrogen-bond donors (Lipinski definition) is 1. The van der Waals surface area contributed by atoms with Crippen LogP contribution in [0, 0.1) is 0 Å². The van der Waals surface area contributed by atoms with E-state index in [2.05, 4.69) is 25.5 Å². The van der Waals surface area contributed by atoms with Crippen LogP contribution in [0.5, 0.6) is 0 Å². The molecule has 0 aromatic carbocycles. The lowest BCUT2D eigenvalue weighted by Gasteiger charge is -2.17. The molecule has 0 spiro atoms. The highest BCUT2D eigenvalue weighted by Crippen LogP contribution is 2.43. The molecule has 0 aliphatic heterocycles. The SMILES string of the molecule is CCS(=O)(=O)c1ccc(C(=O)NC)nc1-c1nc2cc(C(F)(F)C(F)(F)F)nnc2n1C. The number of sulfone groups is 1. The zero-order chi connectivity index (χ0) is 24.1. The number of aromatic nitrogens is 5. The first-order chi connectivity index (χ1) is 14.7. The Hall–Kier alpha value is -3.23. The summed E-state index contributed by atoms with van der Waals surface area (Å²) in [5.41, 5.74) is -2.73. The highest BCUT2D eigenvalue weighted by Gasteiger charge is 2.60. The first-order valence-electron chi connectivity index (χ1n) is 8.86. The van der Waals surface area contributed by atoms with Gasteiger partial charge in [0.25, 0.3) is 5.91 Å². The number of alkyl halides is 5. The highest BCUT2D eigenvalue weighted by atomic mass is 32.2. The van der Waals surface area contributed by atoms with Crippen molar-refractivity contribution in [3.05, 3.63) is 29.6 Å². The standard InChI is InChI=1S/C17H15F5N6O3S/c1-4-32(30,31)10-6-5-8(15(29)23-2)24-12(10)14-25-9-7-11(16(18,19)17(20,21)22)26-27-13(9)28(14)3/h5-7H,4H2,1-3H3,(H,23,29). The molecule has 0 aliphatic rings. The van der Waals surface area contributed by atoms with Gasteiger partial charge in [0.2, 0.25) is 0 Å². The summed E-state index contributed by atoms with van der Waals surface area (Å²) in [7, 11) is -1.24. The lowest BCUT2D eigenvalue weighted by Crippen LogP contribution is -2.34. The minimum Gasteiger partial charge on any atom is -0.354 e. The van der Waals surface area contributed by atoms with Gasteiger partial charge in [0, 0.05) is 14.1 Å². The molecule has 0 saturated heterocycles. The molecule has 0 radical (unpaired) electrons. The van der Waals surface area contributed by atoms with E-state index in [1.165, 1.54) is 27.1 Å². The van der Waals surface area contributed by atoms with E-state index in [1.54, 1.807) is 0 Å².